The highest BCUT2D eigenvalue weighted by Gasteiger charge is 2.37. The van der Waals surface area contributed by atoms with Crippen molar-refractivity contribution in [2.75, 3.05) is 0 Å². The Morgan fingerprint density at radius 2 is 1.68 bits per heavy atom. The molecule has 0 bridgehead atoms. The van der Waals surface area contributed by atoms with Gasteiger partial charge in [-0.3, -0.25) is 0 Å². The number of hydrogen-bond donors (Lipinski definition) is 0. The summed E-state index contributed by atoms with van der Waals surface area (Å²) in [6.45, 7) is 2.34. The van der Waals surface area contributed by atoms with Crippen molar-refractivity contribution in [3.63, 3.8) is 0 Å². The summed E-state index contributed by atoms with van der Waals surface area (Å²) < 4.78 is 13.9. The molecule has 0 saturated heterocycles. The van der Waals surface area contributed by atoms with Gasteiger partial charge in [-0.05, 0) is 35.3 Å². The standard InChI is InChI=1S/C17H18BrF/c1-17(10-4-5-11-17)16(18)14-8-9-15(19)13-7-3-2-6-12(13)14/h2-3,6-9,16H,4-5,10-11H2,1H3. The van der Waals surface area contributed by atoms with E-state index in [1.807, 2.05) is 30.3 Å². The monoisotopic (exact) mass is 320 g/mol. The molecule has 2 heteroatoms. The van der Waals surface area contributed by atoms with Gasteiger partial charge in [0.1, 0.15) is 5.82 Å². The van der Waals surface area contributed by atoms with E-state index in [1.165, 1.54) is 31.2 Å². The average Bonchev–Trinajstić information content (AvgIpc) is 2.87. The Kier molecular flexibility index (Phi) is 3.38. The third-order valence-electron chi connectivity index (χ3n) is 4.54. The quantitative estimate of drug-likeness (QED) is 0.596. The molecule has 0 nitrogen and oxygen atoms in total. The smallest absolute Gasteiger partial charge is 0.131 e. The van der Waals surface area contributed by atoms with Gasteiger partial charge in [0, 0.05) is 10.2 Å². The molecule has 1 atom stereocenters. The molecule has 0 aromatic heterocycles. The van der Waals surface area contributed by atoms with Crippen molar-refractivity contribution < 1.29 is 4.39 Å². The fourth-order valence-electron chi connectivity index (χ4n) is 3.32. The molecule has 1 unspecified atom stereocenters. The van der Waals surface area contributed by atoms with E-state index in [1.54, 1.807) is 6.07 Å². The summed E-state index contributed by atoms with van der Waals surface area (Å²) in [5, 5.41) is 1.77. The lowest BCUT2D eigenvalue weighted by Crippen LogP contribution is -2.18. The first-order valence-corrected chi connectivity index (χ1v) is 7.85. The second-order valence-electron chi connectivity index (χ2n) is 5.91. The molecule has 2 aromatic rings. The zero-order valence-electron chi connectivity index (χ0n) is 11.1. The Morgan fingerprint density at radius 3 is 2.37 bits per heavy atom. The van der Waals surface area contributed by atoms with Gasteiger partial charge in [-0.2, -0.15) is 0 Å². The van der Waals surface area contributed by atoms with Crippen LogP contribution in [0.1, 0.15) is 43.0 Å². The molecule has 0 heterocycles. The first kappa shape index (κ1) is 13.1. The number of alkyl halides is 1. The minimum Gasteiger partial charge on any atom is -0.206 e. The molecular weight excluding hydrogens is 303 g/mol. The van der Waals surface area contributed by atoms with E-state index in [0.717, 1.165) is 10.8 Å². The van der Waals surface area contributed by atoms with Crippen LogP contribution >= 0.6 is 15.9 Å². The van der Waals surface area contributed by atoms with Crippen LogP contribution in [0.3, 0.4) is 0 Å². The molecule has 0 amide bonds. The highest BCUT2D eigenvalue weighted by molar-refractivity contribution is 9.09. The van der Waals surface area contributed by atoms with Gasteiger partial charge in [0.15, 0.2) is 0 Å². The van der Waals surface area contributed by atoms with Crippen LogP contribution < -0.4 is 0 Å². The molecule has 1 saturated carbocycles. The molecule has 2 aromatic carbocycles. The van der Waals surface area contributed by atoms with Gasteiger partial charge >= 0.3 is 0 Å². The maximum Gasteiger partial charge on any atom is 0.131 e. The topological polar surface area (TPSA) is 0 Å². The SMILES string of the molecule is CC1(C(Br)c2ccc(F)c3ccccc23)CCCC1. The number of rotatable bonds is 2. The number of fused-ring (bicyclic) bond motifs is 1. The van der Waals surface area contributed by atoms with Gasteiger partial charge in [-0.1, -0.05) is 66.0 Å². The molecular formula is C17H18BrF. The highest BCUT2D eigenvalue weighted by atomic mass is 79.9. The van der Waals surface area contributed by atoms with E-state index < -0.39 is 0 Å². The van der Waals surface area contributed by atoms with Gasteiger partial charge in [0.2, 0.25) is 0 Å². The fraction of sp³-hybridized carbons (Fsp3) is 0.412. The first-order chi connectivity index (χ1) is 9.12. The lowest BCUT2D eigenvalue weighted by atomic mass is 9.81. The maximum atomic E-state index is 13.9. The van der Waals surface area contributed by atoms with Crippen LogP contribution in [0.15, 0.2) is 36.4 Å². The molecule has 100 valence electrons. The number of hydrogen-bond acceptors (Lipinski definition) is 0. The Bertz CT molecular complexity index is 599. The number of benzene rings is 2. The molecule has 0 radical (unpaired) electrons. The average molecular weight is 321 g/mol. The third kappa shape index (κ3) is 2.20. The van der Waals surface area contributed by atoms with Crippen LogP contribution in [0.4, 0.5) is 4.39 Å². The van der Waals surface area contributed by atoms with Gasteiger partial charge in [0.05, 0.1) is 0 Å². The first-order valence-electron chi connectivity index (χ1n) is 6.93. The van der Waals surface area contributed by atoms with Gasteiger partial charge < -0.3 is 0 Å². The second kappa shape index (κ2) is 4.90. The minimum absolute atomic E-state index is 0.129. The lowest BCUT2D eigenvalue weighted by Gasteiger charge is -2.31. The van der Waals surface area contributed by atoms with Crippen molar-refractivity contribution in [3.05, 3.63) is 47.8 Å². The predicted molar refractivity (Wildman–Crippen MR) is 82.1 cm³/mol. The largest absolute Gasteiger partial charge is 0.206 e. The van der Waals surface area contributed by atoms with E-state index in [4.69, 9.17) is 0 Å². The maximum absolute atomic E-state index is 13.9. The summed E-state index contributed by atoms with van der Waals surface area (Å²) >= 11 is 3.89. The van der Waals surface area contributed by atoms with Crippen molar-refractivity contribution in [3.8, 4) is 0 Å². The summed E-state index contributed by atoms with van der Waals surface area (Å²) in [7, 11) is 0. The van der Waals surface area contributed by atoms with Crippen LogP contribution in [0.5, 0.6) is 0 Å². The fourth-order valence-corrected chi connectivity index (χ4v) is 4.18. The molecule has 1 aliphatic carbocycles. The minimum atomic E-state index is -0.129. The summed E-state index contributed by atoms with van der Waals surface area (Å²) in [6.07, 6.45) is 5.10. The zero-order chi connectivity index (χ0) is 13.5. The Balaban J connectivity index is 2.12. The molecule has 0 spiro atoms. The van der Waals surface area contributed by atoms with Gasteiger partial charge in [-0.15, -0.1) is 0 Å². The van der Waals surface area contributed by atoms with E-state index >= 15 is 0 Å². The molecule has 3 rings (SSSR count). The Hall–Kier alpha value is -0.890. The molecule has 1 aliphatic rings. The number of halogens is 2. The third-order valence-corrected chi connectivity index (χ3v) is 6.13. The van der Waals surface area contributed by atoms with Crippen molar-refractivity contribution in [2.45, 2.75) is 37.4 Å². The van der Waals surface area contributed by atoms with Crippen molar-refractivity contribution in [2.24, 2.45) is 5.41 Å². The summed E-state index contributed by atoms with van der Waals surface area (Å²) in [6, 6.07) is 11.3. The Labute approximate surface area is 122 Å². The Morgan fingerprint density at radius 1 is 1.05 bits per heavy atom. The molecule has 19 heavy (non-hydrogen) atoms. The zero-order valence-corrected chi connectivity index (χ0v) is 12.7. The van der Waals surface area contributed by atoms with Crippen molar-refractivity contribution in [1.29, 1.82) is 0 Å². The van der Waals surface area contributed by atoms with Crippen LogP contribution in [0.2, 0.25) is 0 Å². The highest BCUT2D eigenvalue weighted by Crippen LogP contribution is 2.52. The van der Waals surface area contributed by atoms with Crippen LogP contribution in [-0.2, 0) is 0 Å². The predicted octanol–water partition coefficient (Wildman–Crippen LogP) is 6.00. The second-order valence-corrected chi connectivity index (χ2v) is 6.82. The van der Waals surface area contributed by atoms with Gasteiger partial charge in [0.25, 0.3) is 0 Å². The van der Waals surface area contributed by atoms with E-state index in [0.29, 0.717) is 10.2 Å². The normalized spacial score (nSPS) is 19.7. The van der Waals surface area contributed by atoms with Crippen molar-refractivity contribution >= 4 is 26.7 Å². The van der Waals surface area contributed by atoms with Crippen LogP contribution in [0, 0.1) is 11.2 Å². The van der Waals surface area contributed by atoms with Gasteiger partial charge in [-0.25, -0.2) is 4.39 Å². The molecule has 0 N–H and O–H groups in total. The molecule has 1 fully saturated rings. The summed E-state index contributed by atoms with van der Waals surface area (Å²) in [5.41, 5.74) is 1.52. The van der Waals surface area contributed by atoms with E-state index in [-0.39, 0.29) is 5.82 Å². The van der Waals surface area contributed by atoms with Crippen LogP contribution in [-0.4, -0.2) is 0 Å². The lowest BCUT2D eigenvalue weighted by molar-refractivity contribution is 0.332. The molecule has 0 aliphatic heterocycles. The van der Waals surface area contributed by atoms with E-state index in [9.17, 15) is 4.39 Å². The van der Waals surface area contributed by atoms with Crippen LogP contribution in [0.25, 0.3) is 10.8 Å². The van der Waals surface area contributed by atoms with E-state index in [2.05, 4.69) is 22.9 Å². The van der Waals surface area contributed by atoms with Crippen molar-refractivity contribution in [1.82, 2.24) is 0 Å². The summed E-state index contributed by atoms with van der Waals surface area (Å²) in [5.74, 6) is -0.129. The summed E-state index contributed by atoms with van der Waals surface area (Å²) in [4.78, 5) is 0.299.